The van der Waals surface area contributed by atoms with Gasteiger partial charge in [0.2, 0.25) is 0 Å². The molecular weight excluding hydrogens is 258 g/mol. The van der Waals surface area contributed by atoms with Crippen LogP contribution in [0, 0.1) is 0 Å². The Bertz CT molecular complexity index is 217. The summed E-state index contributed by atoms with van der Waals surface area (Å²) in [5.41, 5.74) is 0. The third-order valence-corrected chi connectivity index (χ3v) is 6.74. The van der Waals surface area contributed by atoms with Crippen LogP contribution >= 0.6 is 8.58 Å². The molecule has 0 aliphatic carbocycles. The molecule has 3 atom stereocenters. The van der Waals surface area contributed by atoms with Crippen molar-refractivity contribution in [1.29, 1.82) is 0 Å². The smallest absolute Gasteiger partial charge is 0.122 e. The number of hydrogen-bond acceptors (Lipinski definition) is 0. The van der Waals surface area contributed by atoms with Crippen LogP contribution in [0.4, 0.5) is 0 Å². The van der Waals surface area contributed by atoms with E-state index >= 15 is 0 Å². The minimum atomic E-state index is 1.01. The molecule has 0 saturated carbocycles. The van der Waals surface area contributed by atoms with Crippen LogP contribution in [-0.2, 0) is 0 Å². The van der Waals surface area contributed by atoms with Crippen LogP contribution in [-0.4, -0.2) is 19.0 Å². The summed E-state index contributed by atoms with van der Waals surface area (Å²) < 4.78 is 0. The largest absolute Gasteiger partial charge is 0.146 e. The molecule has 20 heavy (non-hydrogen) atoms. The van der Waals surface area contributed by atoms with Gasteiger partial charge < -0.3 is 0 Å². The first-order valence-corrected chi connectivity index (χ1v) is 10.9. The van der Waals surface area contributed by atoms with Gasteiger partial charge in [0, 0.05) is 0 Å². The van der Waals surface area contributed by atoms with E-state index in [1.807, 2.05) is 0 Å². The Kier molecular flexibility index (Phi) is 11.2. The zero-order valence-corrected chi connectivity index (χ0v) is 15.4. The molecule has 0 amide bonds. The maximum Gasteiger partial charge on any atom is 0.146 e. The Hall–Kier alpha value is 0.495. The van der Waals surface area contributed by atoms with Gasteiger partial charge in [-0.1, -0.05) is 90.1 Å². The van der Waals surface area contributed by atoms with Crippen molar-refractivity contribution in [2.24, 2.45) is 0 Å². The lowest BCUT2D eigenvalue weighted by Gasteiger charge is -2.34. The van der Waals surface area contributed by atoms with Crippen LogP contribution in [0.5, 0.6) is 0 Å². The van der Waals surface area contributed by atoms with E-state index < -0.39 is 0 Å². The Morgan fingerprint density at radius 2 is 1.75 bits per heavy atom. The lowest BCUT2D eigenvalue weighted by atomic mass is 9.28. The first-order valence-electron chi connectivity index (χ1n) is 9.50. The summed E-state index contributed by atoms with van der Waals surface area (Å²) in [5, 5.41) is 0. The maximum absolute atomic E-state index is 2.53. The topological polar surface area (TPSA) is 0 Å². The standard InChI is InChI=1S/C18H38BP/c1-4-6-15-20-16-9-7-8-14-19-17(3)12-10-13-18(19)11-5-2/h17-18,20H,4-16H2,1-3H3. The van der Waals surface area contributed by atoms with E-state index in [0.29, 0.717) is 0 Å². The van der Waals surface area contributed by atoms with Crippen LogP contribution in [0.25, 0.3) is 0 Å². The number of hydrogen-bond donors (Lipinski definition) is 0. The molecule has 1 heterocycles. The van der Waals surface area contributed by atoms with Gasteiger partial charge in [0.05, 0.1) is 0 Å². The van der Waals surface area contributed by atoms with Crippen molar-refractivity contribution >= 4 is 15.3 Å². The fraction of sp³-hybridized carbons (Fsp3) is 1.00. The SMILES string of the molecule is CCCCPCCCCCB1C(C)CCCC1CCC. The highest BCUT2D eigenvalue weighted by atomic mass is 31.1. The Balaban J connectivity index is 2.08. The summed E-state index contributed by atoms with van der Waals surface area (Å²) in [4.78, 5) is 0. The number of unbranched alkanes of at least 4 members (excludes halogenated alkanes) is 3. The normalized spacial score (nSPS) is 23.9. The van der Waals surface area contributed by atoms with Crippen molar-refractivity contribution in [3.05, 3.63) is 0 Å². The molecule has 1 saturated heterocycles. The van der Waals surface area contributed by atoms with Crippen LogP contribution in [0.3, 0.4) is 0 Å². The van der Waals surface area contributed by atoms with E-state index in [2.05, 4.69) is 20.8 Å². The van der Waals surface area contributed by atoms with Gasteiger partial charge in [-0.05, 0) is 25.2 Å². The molecule has 1 aliphatic heterocycles. The summed E-state index contributed by atoms with van der Waals surface area (Å²) in [7, 11) is 1.25. The minimum Gasteiger partial charge on any atom is -0.122 e. The monoisotopic (exact) mass is 296 g/mol. The zero-order valence-electron chi connectivity index (χ0n) is 14.4. The predicted molar refractivity (Wildman–Crippen MR) is 99.3 cm³/mol. The molecule has 3 unspecified atom stereocenters. The molecule has 2 heteroatoms. The van der Waals surface area contributed by atoms with Crippen molar-refractivity contribution in [1.82, 2.24) is 0 Å². The predicted octanol–water partition coefficient (Wildman–Crippen LogP) is 6.87. The van der Waals surface area contributed by atoms with E-state index in [-0.39, 0.29) is 0 Å². The molecule has 0 bridgehead atoms. The van der Waals surface area contributed by atoms with Gasteiger partial charge in [0.1, 0.15) is 6.71 Å². The van der Waals surface area contributed by atoms with Gasteiger partial charge in [-0.3, -0.25) is 0 Å². The van der Waals surface area contributed by atoms with Crippen molar-refractivity contribution in [2.45, 2.75) is 103 Å². The second kappa shape index (κ2) is 12.1. The fourth-order valence-corrected chi connectivity index (χ4v) is 5.43. The molecule has 118 valence electrons. The van der Waals surface area contributed by atoms with E-state index in [0.717, 1.165) is 18.3 Å². The van der Waals surface area contributed by atoms with Crippen molar-refractivity contribution < 1.29 is 0 Å². The van der Waals surface area contributed by atoms with Crippen LogP contribution < -0.4 is 0 Å². The summed E-state index contributed by atoms with van der Waals surface area (Å²) in [6, 6.07) is 0. The Labute approximate surface area is 131 Å². The third-order valence-electron chi connectivity index (χ3n) is 5.33. The molecule has 0 aromatic heterocycles. The van der Waals surface area contributed by atoms with Gasteiger partial charge in [0.25, 0.3) is 0 Å². The molecule has 1 rings (SSSR count). The summed E-state index contributed by atoms with van der Waals surface area (Å²) >= 11 is 0. The first-order chi connectivity index (χ1) is 9.79. The van der Waals surface area contributed by atoms with Gasteiger partial charge in [-0.15, -0.1) is 8.58 Å². The molecule has 0 nitrogen and oxygen atoms in total. The van der Waals surface area contributed by atoms with Gasteiger partial charge in [-0.2, -0.15) is 0 Å². The Morgan fingerprint density at radius 1 is 0.950 bits per heavy atom. The molecule has 1 fully saturated rings. The van der Waals surface area contributed by atoms with E-state index in [4.69, 9.17) is 0 Å². The molecule has 0 aromatic carbocycles. The Morgan fingerprint density at radius 3 is 2.50 bits per heavy atom. The zero-order chi connectivity index (χ0) is 14.6. The minimum absolute atomic E-state index is 1.01. The third kappa shape index (κ3) is 7.49. The van der Waals surface area contributed by atoms with Gasteiger partial charge in [0.15, 0.2) is 0 Å². The van der Waals surface area contributed by atoms with E-state index in [9.17, 15) is 0 Å². The van der Waals surface area contributed by atoms with E-state index in [1.165, 1.54) is 91.4 Å². The van der Waals surface area contributed by atoms with E-state index in [1.54, 1.807) is 0 Å². The maximum atomic E-state index is 2.53. The molecular formula is C18H38BP. The van der Waals surface area contributed by atoms with Crippen LogP contribution in [0.2, 0.25) is 18.0 Å². The summed E-state index contributed by atoms with van der Waals surface area (Å²) in [5.74, 6) is 2.07. The molecule has 1 aliphatic rings. The highest BCUT2D eigenvalue weighted by molar-refractivity contribution is 7.37. The second-order valence-electron chi connectivity index (χ2n) is 7.07. The van der Waals surface area contributed by atoms with Crippen molar-refractivity contribution in [2.75, 3.05) is 12.3 Å². The van der Waals surface area contributed by atoms with Crippen LogP contribution in [0.15, 0.2) is 0 Å². The van der Waals surface area contributed by atoms with Crippen LogP contribution in [0.1, 0.15) is 85.0 Å². The van der Waals surface area contributed by atoms with Gasteiger partial charge in [-0.25, -0.2) is 0 Å². The molecule has 0 spiro atoms. The summed E-state index contributed by atoms with van der Waals surface area (Å²) in [6.45, 7) is 8.26. The quantitative estimate of drug-likeness (QED) is 0.221. The second-order valence-corrected chi connectivity index (χ2v) is 8.57. The fourth-order valence-electron chi connectivity index (χ4n) is 4.08. The number of rotatable bonds is 11. The van der Waals surface area contributed by atoms with Crippen molar-refractivity contribution in [3.8, 4) is 0 Å². The molecule has 0 aromatic rings. The van der Waals surface area contributed by atoms with Crippen molar-refractivity contribution in [3.63, 3.8) is 0 Å². The average molecular weight is 296 g/mol. The lowest BCUT2D eigenvalue weighted by Crippen LogP contribution is -2.29. The average Bonchev–Trinajstić information content (AvgIpc) is 2.44. The molecule has 0 N–H and O–H groups in total. The lowest BCUT2D eigenvalue weighted by molar-refractivity contribution is 0.535. The molecule has 0 radical (unpaired) electrons. The highest BCUT2D eigenvalue weighted by Crippen LogP contribution is 2.41. The highest BCUT2D eigenvalue weighted by Gasteiger charge is 2.32. The first kappa shape index (κ1) is 18.5. The van der Waals surface area contributed by atoms with Gasteiger partial charge >= 0.3 is 0 Å². The summed E-state index contributed by atoms with van der Waals surface area (Å²) in [6.07, 6.45) is 19.3.